The fourth-order valence-electron chi connectivity index (χ4n) is 4.16. The smallest absolute Gasteiger partial charge is 0.274 e. The summed E-state index contributed by atoms with van der Waals surface area (Å²) in [7, 11) is 0. The van der Waals surface area contributed by atoms with Crippen LogP contribution in [0.2, 0.25) is 0 Å². The number of phenolic OH excluding ortho intramolecular Hbond substituents is 1. The number of fused-ring (bicyclic) bond motifs is 4. The molecule has 5 nitrogen and oxygen atoms in total. The van der Waals surface area contributed by atoms with E-state index < -0.39 is 0 Å². The molecular formula is C22H18ClN3O2. The van der Waals surface area contributed by atoms with Gasteiger partial charge in [-0.05, 0) is 35.2 Å². The van der Waals surface area contributed by atoms with Gasteiger partial charge >= 0.3 is 0 Å². The minimum Gasteiger partial charge on any atom is -0.507 e. The Bertz CT molecular complexity index is 1250. The summed E-state index contributed by atoms with van der Waals surface area (Å²) in [6.45, 7) is 0.475. The van der Waals surface area contributed by atoms with Crippen LogP contribution in [0.5, 0.6) is 5.75 Å². The highest BCUT2D eigenvalue weighted by molar-refractivity contribution is 6.19. The van der Waals surface area contributed by atoms with Gasteiger partial charge in [0.25, 0.3) is 5.91 Å². The molecule has 5 rings (SSSR count). The molecule has 0 bridgehead atoms. The predicted molar refractivity (Wildman–Crippen MR) is 113 cm³/mol. The van der Waals surface area contributed by atoms with E-state index in [0.29, 0.717) is 29.5 Å². The maximum absolute atomic E-state index is 13.3. The first-order valence-electron chi connectivity index (χ1n) is 9.07. The lowest BCUT2D eigenvalue weighted by molar-refractivity contribution is 0.0984. The third-order valence-corrected chi connectivity index (χ3v) is 5.82. The summed E-state index contributed by atoms with van der Waals surface area (Å²) in [5.41, 5.74) is 9.56. The van der Waals surface area contributed by atoms with Gasteiger partial charge in [-0.15, -0.1) is 11.6 Å². The fourth-order valence-corrected chi connectivity index (χ4v) is 4.41. The van der Waals surface area contributed by atoms with Gasteiger partial charge in [-0.3, -0.25) is 4.79 Å². The number of carbonyl (C=O) groups is 1. The Labute approximate surface area is 166 Å². The van der Waals surface area contributed by atoms with Gasteiger partial charge in [0.15, 0.2) is 0 Å². The first-order valence-corrected chi connectivity index (χ1v) is 9.61. The number of nitrogens with zero attached hydrogens (tertiary/aromatic N) is 1. The van der Waals surface area contributed by atoms with Crippen LogP contribution in [0.25, 0.3) is 21.7 Å². The number of aromatic hydroxyl groups is 1. The number of rotatable bonds is 2. The first-order chi connectivity index (χ1) is 13.6. The van der Waals surface area contributed by atoms with Gasteiger partial charge in [-0.2, -0.15) is 0 Å². The van der Waals surface area contributed by atoms with Gasteiger partial charge < -0.3 is 20.7 Å². The van der Waals surface area contributed by atoms with Crippen LogP contribution in [-0.2, 0) is 0 Å². The van der Waals surface area contributed by atoms with Crippen LogP contribution in [0.4, 0.5) is 11.4 Å². The van der Waals surface area contributed by atoms with Crippen molar-refractivity contribution >= 4 is 50.6 Å². The molecule has 1 atom stereocenters. The van der Waals surface area contributed by atoms with Crippen molar-refractivity contribution in [3.05, 3.63) is 65.9 Å². The van der Waals surface area contributed by atoms with Gasteiger partial charge in [0, 0.05) is 46.4 Å². The zero-order valence-corrected chi connectivity index (χ0v) is 15.7. The Morgan fingerprint density at radius 2 is 1.96 bits per heavy atom. The van der Waals surface area contributed by atoms with Crippen molar-refractivity contribution in [2.24, 2.45) is 0 Å². The number of hydrogen-bond donors (Lipinski definition) is 3. The number of phenols is 1. The molecule has 0 saturated heterocycles. The van der Waals surface area contributed by atoms with Crippen LogP contribution >= 0.6 is 11.6 Å². The molecule has 2 heterocycles. The van der Waals surface area contributed by atoms with Crippen molar-refractivity contribution in [2.75, 3.05) is 23.1 Å². The summed E-state index contributed by atoms with van der Waals surface area (Å²) in [6.07, 6.45) is 0. The van der Waals surface area contributed by atoms with Crippen LogP contribution < -0.4 is 10.6 Å². The summed E-state index contributed by atoms with van der Waals surface area (Å²) < 4.78 is 0. The summed E-state index contributed by atoms with van der Waals surface area (Å²) >= 11 is 6.25. The van der Waals surface area contributed by atoms with Crippen LogP contribution in [0.1, 0.15) is 22.0 Å². The molecule has 28 heavy (non-hydrogen) atoms. The Morgan fingerprint density at radius 3 is 2.75 bits per heavy atom. The number of amides is 1. The number of benzene rings is 3. The summed E-state index contributed by atoms with van der Waals surface area (Å²) in [5, 5.41) is 13.1. The molecule has 1 amide bonds. The van der Waals surface area contributed by atoms with E-state index in [-0.39, 0.29) is 17.6 Å². The molecule has 1 unspecified atom stereocenters. The van der Waals surface area contributed by atoms with Crippen molar-refractivity contribution in [1.29, 1.82) is 0 Å². The van der Waals surface area contributed by atoms with E-state index in [1.165, 1.54) is 0 Å². The third-order valence-electron chi connectivity index (χ3n) is 5.45. The highest BCUT2D eigenvalue weighted by atomic mass is 35.5. The van der Waals surface area contributed by atoms with E-state index >= 15 is 0 Å². The predicted octanol–water partition coefficient (Wildman–Crippen LogP) is 4.59. The lowest BCUT2D eigenvalue weighted by atomic mass is 9.95. The quantitative estimate of drug-likeness (QED) is 0.345. The van der Waals surface area contributed by atoms with Crippen molar-refractivity contribution in [3.63, 3.8) is 0 Å². The number of H-pyrrole nitrogens is 1. The largest absolute Gasteiger partial charge is 0.507 e. The zero-order chi connectivity index (χ0) is 19.4. The lowest BCUT2D eigenvalue weighted by Gasteiger charge is -2.17. The summed E-state index contributed by atoms with van der Waals surface area (Å²) in [4.78, 5) is 18.2. The molecule has 0 radical (unpaired) electrons. The number of nitrogens with one attached hydrogen (secondary N) is 1. The molecule has 6 heteroatoms. The number of hydrogen-bond acceptors (Lipinski definition) is 3. The molecule has 0 saturated carbocycles. The first kappa shape index (κ1) is 17.0. The molecule has 1 aromatic heterocycles. The van der Waals surface area contributed by atoms with E-state index in [1.807, 2.05) is 42.5 Å². The lowest BCUT2D eigenvalue weighted by Crippen LogP contribution is -2.30. The number of alkyl halides is 1. The van der Waals surface area contributed by atoms with Crippen LogP contribution in [0.15, 0.2) is 54.6 Å². The molecule has 3 aromatic carbocycles. The van der Waals surface area contributed by atoms with E-state index in [9.17, 15) is 9.90 Å². The number of nitrogen functional groups attached to an aromatic ring is 1. The maximum atomic E-state index is 13.3. The molecule has 0 fully saturated rings. The second kappa shape index (κ2) is 6.17. The van der Waals surface area contributed by atoms with Gasteiger partial charge in [0.2, 0.25) is 0 Å². The molecule has 0 spiro atoms. The average molecular weight is 392 g/mol. The highest BCUT2D eigenvalue weighted by Gasteiger charge is 2.35. The summed E-state index contributed by atoms with van der Waals surface area (Å²) in [5.74, 6) is 0.408. The number of aromatic nitrogens is 1. The van der Waals surface area contributed by atoms with Crippen molar-refractivity contribution in [3.8, 4) is 5.75 Å². The van der Waals surface area contributed by atoms with E-state index in [0.717, 1.165) is 27.2 Å². The second-order valence-electron chi connectivity index (χ2n) is 7.17. The van der Waals surface area contributed by atoms with Gasteiger partial charge in [-0.25, -0.2) is 0 Å². The van der Waals surface area contributed by atoms with E-state index in [4.69, 9.17) is 17.3 Å². The van der Waals surface area contributed by atoms with Crippen LogP contribution in [-0.4, -0.2) is 28.4 Å². The zero-order valence-electron chi connectivity index (χ0n) is 14.9. The Hall–Kier alpha value is -3.18. The monoisotopic (exact) mass is 391 g/mol. The van der Waals surface area contributed by atoms with Gasteiger partial charge in [0.05, 0.1) is 5.69 Å². The van der Waals surface area contributed by atoms with Gasteiger partial charge in [-0.1, -0.05) is 24.3 Å². The Morgan fingerprint density at radius 1 is 1.18 bits per heavy atom. The number of carbonyl (C=O) groups excluding carboxylic acids is 1. The summed E-state index contributed by atoms with van der Waals surface area (Å²) in [6, 6.07) is 16.6. The van der Waals surface area contributed by atoms with E-state index in [1.54, 1.807) is 17.0 Å². The number of anilines is 2. The van der Waals surface area contributed by atoms with Crippen molar-refractivity contribution in [1.82, 2.24) is 4.98 Å². The number of nitrogens with two attached hydrogens (primary N) is 1. The standard InChI is InChI=1S/C22H18ClN3O2/c23-10-13-11-26(19-9-20(27)15-3-1-2-4-16(15)21(13)19)22(28)18-8-12-7-14(24)5-6-17(12)25-18/h1-9,13,25,27H,10-11,24H2. The highest BCUT2D eigenvalue weighted by Crippen LogP contribution is 2.45. The average Bonchev–Trinajstić information content (AvgIpc) is 3.28. The molecule has 140 valence electrons. The fraction of sp³-hybridized carbons (Fsp3) is 0.136. The minimum absolute atomic E-state index is 0.00568. The normalized spacial score (nSPS) is 16.0. The molecule has 1 aliphatic heterocycles. The van der Waals surface area contributed by atoms with Crippen molar-refractivity contribution in [2.45, 2.75) is 5.92 Å². The third kappa shape index (κ3) is 2.43. The Kier molecular flexibility index (Phi) is 3.74. The van der Waals surface area contributed by atoms with Crippen molar-refractivity contribution < 1.29 is 9.90 Å². The number of halogens is 1. The molecule has 1 aliphatic rings. The van der Waals surface area contributed by atoms with Crippen LogP contribution in [0.3, 0.4) is 0 Å². The topological polar surface area (TPSA) is 82.4 Å². The van der Waals surface area contributed by atoms with Crippen LogP contribution in [0, 0.1) is 0 Å². The molecular weight excluding hydrogens is 374 g/mol. The molecule has 4 N–H and O–H groups in total. The van der Waals surface area contributed by atoms with Gasteiger partial charge in [0.1, 0.15) is 11.4 Å². The second-order valence-corrected chi connectivity index (χ2v) is 7.48. The Balaban J connectivity index is 1.65. The van der Waals surface area contributed by atoms with E-state index in [2.05, 4.69) is 4.98 Å². The molecule has 0 aliphatic carbocycles. The minimum atomic E-state index is -0.154. The maximum Gasteiger partial charge on any atom is 0.274 e. The number of aromatic amines is 1. The molecule has 4 aromatic rings. The SMILES string of the molecule is Nc1ccc2[nH]c(C(=O)N3CC(CCl)c4c3cc(O)c3ccccc43)cc2c1.